The molecule has 3 unspecified atom stereocenters. The molecule has 6 nitrogen and oxygen atoms in total. The number of rotatable bonds is 7. The largest absolute Gasteiger partial charge is 0.507 e. The number of benzene rings is 3. The van der Waals surface area contributed by atoms with Crippen LogP contribution in [0.2, 0.25) is 5.02 Å². The van der Waals surface area contributed by atoms with Gasteiger partial charge < -0.3 is 19.3 Å². The van der Waals surface area contributed by atoms with Crippen molar-refractivity contribution in [3.05, 3.63) is 82.1 Å². The van der Waals surface area contributed by atoms with Crippen molar-refractivity contribution in [3.63, 3.8) is 0 Å². The van der Waals surface area contributed by atoms with Crippen LogP contribution in [0, 0.1) is 5.82 Å². The molecule has 0 saturated carbocycles. The van der Waals surface area contributed by atoms with Gasteiger partial charge in [0.25, 0.3) is 0 Å². The van der Waals surface area contributed by atoms with E-state index in [4.69, 9.17) is 25.8 Å². The Morgan fingerprint density at radius 2 is 1.79 bits per heavy atom. The predicted octanol–water partition coefficient (Wildman–Crippen LogP) is 5.10. The summed E-state index contributed by atoms with van der Waals surface area (Å²) in [5, 5.41) is 11.1. The smallest absolute Gasteiger partial charge is 0.160 e. The maximum Gasteiger partial charge on any atom is 0.160 e. The number of hydrazine groups is 1. The molecule has 4 rings (SSSR count). The Morgan fingerprint density at radius 1 is 1.00 bits per heavy atom. The highest BCUT2D eigenvalue weighted by Crippen LogP contribution is 2.43. The Balaban J connectivity index is 1.57. The van der Waals surface area contributed by atoms with Crippen molar-refractivity contribution in [1.29, 1.82) is 0 Å². The molecule has 1 aliphatic heterocycles. The summed E-state index contributed by atoms with van der Waals surface area (Å²) in [4.78, 5) is 0. The number of ether oxygens (including phenoxy) is 3. The fourth-order valence-electron chi connectivity index (χ4n) is 4.20. The van der Waals surface area contributed by atoms with Crippen molar-refractivity contribution < 1.29 is 23.7 Å². The second-order valence-electron chi connectivity index (χ2n) is 7.90. The van der Waals surface area contributed by atoms with E-state index in [9.17, 15) is 9.50 Å². The first-order valence-electron chi connectivity index (χ1n) is 10.5. The van der Waals surface area contributed by atoms with Gasteiger partial charge in [0.05, 0.1) is 25.3 Å². The minimum Gasteiger partial charge on any atom is -0.507 e. The third-order valence-corrected chi connectivity index (χ3v) is 6.29. The number of hydrogen-bond acceptors (Lipinski definition) is 6. The van der Waals surface area contributed by atoms with Gasteiger partial charge in [-0.2, -0.15) is 0 Å². The molecular formula is C25H26ClFN2O4. The van der Waals surface area contributed by atoms with Crippen LogP contribution >= 0.6 is 11.6 Å². The minimum absolute atomic E-state index is 0.0136. The van der Waals surface area contributed by atoms with Crippen molar-refractivity contribution >= 4 is 11.6 Å². The number of phenolic OH excluding ortho intramolecular Hbond substituents is 1. The lowest BCUT2D eigenvalue weighted by molar-refractivity contribution is 0.297. The minimum atomic E-state index is -0.434. The highest BCUT2D eigenvalue weighted by Gasteiger charge is 2.37. The second kappa shape index (κ2) is 9.87. The Kier molecular flexibility index (Phi) is 6.93. The summed E-state index contributed by atoms with van der Waals surface area (Å²) in [7, 11) is 3.20. The second-order valence-corrected chi connectivity index (χ2v) is 8.31. The molecule has 3 aromatic rings. The van der Waals surface area contributed by atoms with Crippen molar-refractivity contribution in [2.75, 3.05) is 14.2 Å². The lowest BCUT2D eigenvalue weighted by Gasteiger charge is -2.24. The number of hydrogen-bond donors (Lipinski definition) is 3. The van der Waals surface area contributed by atoms with E-state index < -0.39 is 5.82 Å². The lowest BCUT2D eigenvalue weighted by Crippen LogP contribution is -2.29. The molecule has 1 saturated heterocycles. The molecule has 1 fully saturated rings. The Hall–Kier alpha value is -3.00. The normalized spacial score (nSPS) is 20.0. The van der Waals surface area contributed by atoms with Gasteiger partial charge in [-0.1, -0.05) is 29.8 Å². The molecule has 1 aliphatic rings. The van der Waals surface area contributed by atoms with Crippen LogP contribution in [0.15, 0.2) is 54.6 Å². The van der Waals surface area contributed by atoms with E-state index in [0.717, 1.165) is 5.56 Å². The molecule has 8 heteroatoms. The monoisotopic (exact) mass is 472 g/mol. The zero-order chi connectivity index (χ0) is 23.5. The third kappa shape index (κ3) is 4.71. The Bertz CT molecular complexity index is 1120. The quantitative estimate of drug-likeness (QED) is 0.444. The molecule has 3 N–H and O–H groups in total. The lowest BCUT2D eigenvalue weighted by atomic mass is 9.84. The van der Waals surface area contributed by atoms with E-state index in [2.05, 4.69) is 17.8 Å². The highest BCUT2D eigenvalue weighted by atomic mass is 35.5. The fraction of sp³-hybridized carbons (Fsp3) is 0.280. The van der Waals surface area contributed by atoms with Crippen molar-refractivity contribution in [3.8, 4) is 23.0 Å². The average molecular weight is 473 g/mol. The van der Waals surface area contributed by atoms with E-state index in [1.54, 1.807) is 38.5 Å². The molecule has 0 bridgehead atoms. The van der Waals surface area contributed by atoms with Crippen LogP contribution in [0.4, 0.5) is 4.39 Å². The maximum absolute atomic E-state index is 14.0. The topological polar surface area (TPSA) is 72.0 Å². The number of methoxy groups -OCH3 is 2. The third-order valence-electron chi connectivity index (χ3n) is 5.94. The fourth-order valence-corrected chi connectivity index (χ4v) is 4.42. The molecule has 0 radical (unpaired) electrons. The van der Waals surface area contributed by atoms with Gasteiger partial charge in [-0.15, -0.1) is 0 Å². The van der Waals surface area contributed by atoms with Gasteiger partial charge in [0.1, 0.15) is 23.9 Å². The van der Waals surface area contributed by atoms with E-state index in [1.807, 2.05) is 18.2 Å². The standard InChI is InChI=1S/C25H26ClFN2O4/c1-14-24(15-7-10-22(31-2)23(11-15)32-3)25(29-28-14)17-9-8-16(12-21(17)30)33-13-18-19(26)5-4-6-20(18)27/h4-12,14,24-25,28-30H,13H2,1-3H3. The molecule has 0 amide bonds. The van der Waals surface area contributed by atoms with E-state index in [0.29, 0.717) is 27.8 Å². The van der Waals surface area contributed by atoms with Gasteiger partial charge in [0.15, 0.2) is 11.5 Å². The number of aromatic hydroxyl groups is 1. The van der Waals surface area contributed by atoms with Crippen LogP contribution in [0.5, 0.6) is 23.0 Å². The summed E-state index contributed by atoms with van der Waals surface area (Å²) in [6.45, 7) is 2.03. The van der Waals surface area contributed by atoms with Crippen molar-refractivity contribution in [2.45, 2.75) is 31.5 Å². The molecule has 0 aliphatic carbocycles. The van der Waals surface area contributed by atoms with E-state index >= 15 is 0 Å². The molecule has 0 aromatic heterocycles. The number of nitrogens with one attached hydrogen (secondary N) is 2. The van der Waals surface area contributed by atoms with Gasteiger partial charge in [0, 0.05) is 29.2 Å². The van der Waals surface area contributed by atoms with Gasteiger partial charge in [-0.05, 0) is 42.8 Å². The SMILES string of the molecule is COc1ccc(C2C(C)NNC2c2ccc(OCc3c(F)cccc3Cl)cc2O)cc1OC. The summed E-state index contributed by atoms with van der Waals surface area (Å²) in [6, 6.07) is 15.3. The van der Waals surface area contributed by atoms with Gasteiger partial charge >= 0.3 is 0 Å². The van der Waals surface area contributed by atoms with Crippen LogP contribution in [-0.2, 0) is 6.61 Å². The average Bonchev–Trinajstić information content (AvgIpc) is 3.19. The maximum atomic E-state index is 14.0. The van der Waals surface area contributed by atoms with Crippen LogP contribution in [-0.4, -0.2) is 25.4 Å². The summed E-state index contributed by atoms with van der Waals surface area (Å²) in [5.41, 5.74) is 8.56. The Morgan fingerprint density at radius 3 is 2.48 bits per heavy atom. The van der Waals surface area contributed by atoms with Crippen LogP contribution in [0.25, 0.3) is 0 Å². The van der Waals surface area contributed by atoms with Gasteiger partial charge in [-0.3, -0.25) is 5.43 Å². The van der Waals surface area contributed by atoms with Crippen LogP contribution in [0.3, 0.4) is 0 Å². The van der Waals surface area contributed by atoms with Crippen molar-refractivity contribution in [1.82, 2.24) is 10.9 Å². The molecule has 3 atom stereocenters. The first-order chi connectivity index (χ1) is 15.9. The Labute approximate surface area is 197 Å². The molecular weight excluding hydrogens is 447 g/mol. The summed E-state index contributed by atoms with van der Waals surface area (Å²) in [5.74, 6) is 1.37. The molecule has 1 heterocycles. The zero-order valence-electron chi connectivity index (χ0n) is 18.6. The van der Waals surface area contributed by atoms with Gasteiger partial charge in [0.2, 0.25) is 0 Å². The van der Waals surface area contributed by atoms with E-state index in [1.165, 1.54) is 12.1 Å². The molecule has 3 aromatic carbocycles. The number of phenols is 1. The number of halogens is 2. The molecule has 174 valence electrons. The summed E-state index contributed by atoms with van der Waals surface area (Å²) < 4.78 is 30.5. The first kappa shape index (κ1) is 23.2. The summed E-state index contributed by atoms with van der Waals surface area (Å²) in [6.07, 6.45) is 0. The van der Waals surface area contributed by atoms with Crippen LogP contribution < -0.4 is 25.1 Å². The van der Waals surface area contributed by atoms with Crippen LogP contribution in [0.1, 0.15) is 35.6 Å². The molecule has 33 heavy (non-hydrogen) atoms. The predicted molar refractivity (Wildman–Crippen MR) is 125 cm³/mol. The first-order valence-corrected chi connectivity index (χ1v) is 10.9. The van der Waals surface area contributed by atoms with Crippen molar-refractivity contribution in [2.24, 2.45) is 0 Å². The molecule has 0 spiro atoms. The highest BCUT2D eigenvalue weighted by molar-refractivity contribution is 6.31. The van der Waals surface area contributed by atoms with E-state index in [-0.39, 0.29) is 35.9 Å². The zero-order valence-corrected chi connectivity index (χ0v) is 19.3. The summed E-state index contributed by atoms with van der Waals surface area (Å²) >= 11 is 6.07. The van der Waals surface area contributed by atoms with Gasteiger partial charge in [-0.25, -0.2) is 9.82 Å².